The monoisotopic (exact) mass is 280 g/mol. The lowest BCUT2D eigenvalue weighted by Crippen LogP contribution is -2.39. The van der Waals surface area contributed by atoms with Crippen molar-refractivity contribution in [1.82, 2.24) is 15.0 Å². The first-order chi connectivity index (χ1) is 9.65. The van der Waals surface area contributed by atoms with Gasteiger partial charge in [0.1, 0.15) is 0 Å². The van der Waals surface area contributed by atoms with Gasteiger partial charge in [-0.05, 0) is 13.3 Å². The molecule has 2 saturated heterocycles. The topological polar surface area (TPSA) is 98.4 Å². The van der Waals surface area contributed by atoms with E-state index in [1.165, 1.54) is 0 Å². The Balaban J connectivity index is 1.78. The summed E-state index contributed by atoms with van der Waals surface area (Å²) in [6, 6.07) is 0. The van der Waals surface area contributed by atoms with Crippen molar-refractivity contribution in [1.29, 1.82) is 0 Å². The van der Waals surface area contributed by atoms with Crippen molar-refractivity contribution in [2.45, 2.75) is 18.9 Å². The van der Waals surface area contributed by atoms with Gasteiger partial charge in [0.2, 0.25) is 17.8 Å². The largest absolute Gasteiger partial charge is 0.379 e. The number of hydrogen-bond acceptors (Lipinski definition) is 8. The van der Waals surface area contributed by atoms with Crippen LogP contribution >= 0.6 is 0 Å². The minimum absolute atomic E-state index is 0.143. The summed E-state index contributed by atoms with van der Waals surface area (Å²) >= 11 is 0. The van der Waals surface area contributed by atoms with E-state index in [9.17, 15) is 0 Å². The predicted octanol–water partition coefficient (Wildman–Crippen LogP) is -0.119. The fourth-order valence-electron chi connectivity index (χ4n) is 2.38. The van der Waals surface area contributed by atoms with E-state index in [4.69, 9.17) is 15.2 Å². The zero-order valence-corrected chi connectivity index (χ0v) is 11.6. The van der Waals surface area contributed by atoms with Gasteiger partial charge in [-0.15, -0.1) is 0 Å². The Morgan fingerprint density at radius 1 is 1.15 bits per heavy atom. The van der Waals surface area contributed by atoms with Gasteiger partial charge in [0.05, 0.1) is 25.4 Å². The Labute approximate surface area is 117 Å². The minimum atomic E-state index is -0.143. The maximum absolute atomic E-state index is 5.79. The smallest absolute Gasteiger partial charge is 0.232 e. The molecule has 110 valence electrons. The lowest BCUT2D eigenvalue weighted by atomic mass is 10.0. The molecule has 0 saturated carbocycles. The second kappa shape index (κ2) is 5.37. The van der Waals surface area contributed by atoms with E-state index in [0.29, 0.717) is 31.7 Å². The van der Waals surface area contributed by atoms with Gasteiger partial charge in [-0.3, -0.25) is 0 Å². The Hall–Kier alpha value is -1.67. The molecule has 0 spiro atoms. The first-order valence-electron chi connectivity index (χ1n) is 6.85. The van der Waals surface area contributed by atoms with Crippen molar-refractivity contribution in [3.8, 4) is 0 Å². The Kier molecular flexibility index (Phi) is 3.58. The van der Waals surface area contributed by atoms with E-state index in [2.05, 4.69) is 32.1 Å². The quantitative estimate of drug-likeness (QED) is 0.791. The zero-order valence-electron chi connectivity index (χ0n) is 11.6. The summed E-state index contributed by atoms with van der Waals surface area (Å²) in [6.07, 6.45) is 0.922. The van der Waals surface area contributed by atoms with Crippen molar-refractivity contribution in [2.24, 2.45) is 0 Å². The molecule has 0 bridgehead atoms. The van der Waals surface area contributed by atoms with Crippen molar-refractivity contribution in [3.63, 3.8) is 0 Å². The molecular weight excluding hydrogens is 260 g/mol. The molecule has 0 radical (unpaired) electrons. The maximum atomic E-state index is 5.79. The van der Waals surface area contributed by atoms with E-state index in [-0.39, 0.29) is 11.5 Å². The molecule has 0 aliphatic carbocycles. The van der Waals surface area contributed by atoms with Crippen molar-refractivity contribution < 1.29 is 9.47 Å². The van der Waals surface area contributed by atoms with Crippen LogP contribution < -0.4 is 16.0 Å². The van der Waals surface area contributed by atoms with Gasteiger partial charge in [0, 0.05) is 19.7 Å². The highest BCUT2D eigenvalue weighted by molar-refractivity contribution is 5.43. The van der Waals surface area contributed by atoms with Crippen LogP contribution in [0, 0.1) is 0 Å². The van der Waals surface area contributed by atoms with Gasteiger partial charge >= 0.3 is 0 Å². The fraction of sp³-hybridized carbons (Fsp3) is 0.750. The molecule has 2 aliphatic heterocycles. The highest BCUT2D eigenvalue weighted by Gasteiger charge is 2.30. The third kappa shape index (κ3) is 2.91. The number of rotatable bonds is 3. The third-order valence-electron chi connectivity index (χ3n) is 3.57. The highest BCUT2D eigenvalue weighted by Crippen LogP contribution is 2.23. The summed E-state index contributed by atoms with van der Waals surface area (Å²) in [6.45, 7) is 6.38. The van der Waals surface area contributed by atoms with Crippen LogP contribution in [0.15, 0.2) is 0 Å². The number of nitrogens with zero attached hydrogens (tertiary/aromatic N) is 4. The molecule has 8 nitrogen and oxygen atoms in total. The van der Waals surface area contributed by atoms with Gasteiger partial charge in [-0.2, -0.15) is 15.0 Å². The van der Waals surface area contributed by atoms with Gasteiger partial charge in [-0.1, -0.05) is 0 Å². The number of ether oxygens (including phenoxy) is 2. The van der Waals surface area contributed by atoms with Crippen molar-refractivity contribution >= 4 is 17.8 Å². The lowest BCUT2D eigenvalue weighted by molar-refractivity contribution is 0.122. The molecule has 20 heavy (non-hydrogen) atoms. The van der Waals surface area contributed by atoms with E-state index < -0.39 is 0 Å². The molecule has 3 rings (SSSR count). The molecular formula is C12H20N6O2. The average Bonchev–Trinajstić information content (AvgIpc) is 2.85. The molecule has 1 aromatic heterocycles. The van der Waals surface area contributed by atoms with Gasteiger partial charge in [0.25, 0.3) is 0 Å². The molecule has 8 heteroatoms. The first-order valence-corrected chi connectivity index (χ1v) is 6.85. The standard InChI is InChI=1S/C12H20N6O2/c1-12(2-5-20-8-12)17-10-14-9(13)15-11(16-10)18-3-6-19-7-4-18/h2-8H2,1H3,(H3,13,14,15,16,17). The van der Waals surface area contributed by atoms with Crippen LogP contribution in [0.5, 0.6) is 0 Å². The number of aromatic nitrogens is 3. The normalized spacial score (nSPS) is 26.8. The zero-order chi connectivity index (χ0) is 14.0. The third-order valence-corrected chi connectivity index (χ3v) is 3.57. The Morgan fingerprint density at radius 3 is 2.65 bits per heavy atom. The van der Waals surface area contributed by atoms with Crippen molar-refractivity contribution in [2.75, 3.05) is 55.5 Å². The molecule has 0 amide bonds. The molecule has 2 fully saturated rings. The summed E-state index contributed by atoms with van der Waals surface area (Å²) < 4.78 is 10.7. The molecule has 0 aromatic carbocycles. The predicted molar refractivity (Wildman–Crippen MR) is 74.7 cm³/mol. The van der Waals surface area contributed by atoms with Crippen LogP contribution in [0.2, 0.25) is 0 Å². The van der Waals surface area contributed by atoms with Crippen LogP contribution in [-0.2, 0) is 9.47 Å². The molecule has 3 N–H and O–H groups in total. The summed E-state index contributed by atoms with van der Waals surface area (Å²) in [5.41, 5.74) is 5.65. The Bertz CT molecular complexity index is 471. The van der Waals surface area contributed by atoms with Crippen LogP contribution in [-0.4, -0.2) is 60.0 Å². The number of morpholine rings is 1. The number of nitrogens with two attached hydrogens (primary N) is 1. The summed E-state index contributed by atoms with van der Waals surface area (Å²) in [4.78, 5) is 14.9. The SMILES string of the molecule is CC1(Nc2nc(N)nc(N3CCOCC3)n2)CCOC1. The highest BCUT2D eigenvalue weighted by atomic mass is 16.5. The minimum Gasteiger partial charge on any atom is -0.379 e. The van der Waals surface area contributed by atoms with Crippen LogP contribution in [0.25, 0.3) is 0 Å². The van der Waals surface area contributed by atoms with Crippen LogP contribution in [0.1, 0.15) is 13.3 Å². The lowest BCUT2D eigenvalue weighted by Gasteiger charge is -2.28. The van der Waals surface area contributed by atoms with Gasteiger partial charge in [-0.25, -0.2) is 0 Å². The summed E-state index contributed by atoms with van der Waals surface area (Å²) in [5.74, 6) is 1.34. The average molecular weight is 280 g/mol. The summed E-state index contributed by atoms with van der Waals surface area (Å²) in [5, 5.41) is 3.31. The van der Waals surface area contributed by atoms with Crippen LogP contribution in [0.3, 0.4) is 0 Å². The first kappa shape index (κ1) is 13.3. The van der Waals surface area contributed by atoms with E-state index >= 15 is 0 Å². The van der Waals surface area contributed by atoms with E-state index in [1.54, 1.807) is 0 Å². The molecule has 1 atom stereocenters. The number of anilines is 3. The number of hydrogen-bond donors (Lipinski definition) is 2. The molecule has 1 unspecified atom stereocenters. The number of nitrogens with one attached hydrogen (secondary N) is 1. The molecule has 2 aliphatic rings. The second-order valence-electron chi connectivity index (χ2n) is 5.40. The second-order valence-corrected chi connectivity index (χ2v) is 5.40. The number of nitrogen functional groups attached to an aromatic ring is 1. The summed E-state index contributed by atoms with van der Waals surface area (Å²) in [7, 11) is 0. The van der Waals surface area contributed by atoms with E-state index in [0.717, 1.165) is 26.1 Å². The van der Waals surface area contributed by atoms with E-state index in [1.807, 2.05) is 0 Å². The molecule has 3 heterocycles. The van der Waals surface area contributed by atoms with Gasteiger partial charge in [0.15, 0.2) is 0 Å². The fourth-order valence-corrected chi connectivity index (χ4v) is 2.38. The van der Waals surface area contributed by atoms with Crippen molar-refractivity contribution in [3.05, 3.63) is 0 Å². The Morgan fingerprint density at radius 2 is 1.95 bits per heavy atom. The van der Waals surface area contributed by atoms with Gasteiger partial charge < -0.3 is 25.4 Å². The maximum Gasteiger partial charge on any atom is 0.232 e. The van der Waals surface area contributed by atoms with Crippen LogP contribution in [0.4, 0.5) is 17.8 Å². The molecule has 1 aromatic rings.